The molecule has 0 bridgehead atoms. The summed E-state index contributed by atoms with van der Waals surface area (Å²) in [5.74, 6) is -2.58. The lowest BCUT2D eigenvalue weighted by molar-refractivity contribution is -0.132. The van der Waals surface area contributed by atoms with Crippen LogP contribution in [-0.4, -0.2) is 35.7 Å². The van der Waals surface area contributed by atoms with Crippen LogP contribution in [-0.2, 0) is 25.6 Å². The zero-order valence-electron chi connectivity index (χ0n) is 19.3. The maximum absolute atomic E-state index is 13.2. The van der Waals surface area contributed by atoms with E-state index in [1.54, 1.807) is 43.3 Å². The molecular weight excluding hydrogens is 452 g/mol. The van der Waals surface area contributed by atoms with Crippen molar-refractivity contribution in [2.45, 2.75) is 38.8 Å². The number of carbonyl (C=O) groups is 4. The van der Waals surface area contributed by atoms with Crippen molar-refractivity contribution >= 4 is 40.3 Å². The molecule has 182 valence electrons. The predicted octanol–water partition coefficient (Wildman–Crippen LogP) is 1.15. The lowest BCUT2D eigenvalue weighted by Crippen LogP contribution is -2.54. The van der Waals surface area contributed by atoms with E-state index in [-0.39, 0.29) is 6.42 Å². The van der Waals surface area contributed by atoms with E-state index in [4.69, 9.17) is 10.2 Å². The monoisotopic (exact) mass is 478 g/mol. The van der Waals surface area contributed by atoms with Crippen molar-refractivity contribution < 1.29 is 23.6 Å². The second-order valence-electron chi connectivity index (χ2n) is 8.12. The molecule has 2 aromatic carbocycles. The molecule has 0 spiro atoms. The Balaban J connectivity index is 1.85. The highest BCUT2D eigenvalue weighted by Gasteiger charge is 2.28. The number of amides is 4. The van der Waals surface area contributed by atoms with Gasteiger partial charge in [0.1, 0.15) is 17.7 Å². The number of benzene rings is 2. The first-order valence-corrected chi connectivity index (χ1v) is 10.9. The normalized spacial score (nSPS) is 12.4. The summed E-state index contributed by atoms with van der Waals surface area (Å²) in [6.45, 7) is 2.98. The van der Waals surface area contributed by atoms with Crippen LogP contribution in [0.3, 0.4) is 0 Å². The maximum atomic E-state index is 13.2. The number of carbonyl (C=O) groups excluding carboxylic acids is 4. The van der Waals surface area contributed by atoms with Gasteiger partial charge in [-0.3, -0.25) is 19.2 Å². The molecule has 0 aliphatic rings. The van der Waals surface area contributed by atoms with Gasteiger partial charge in [-0.15, -0.1) is 0 Å². The van der Waals surface area contributed by atoms with Crippen LogP contribution >= 0.6 is 0 Å². The molecule has 3 aromatic rings. The van der Waals surface area contributed by atoms with E-state index in [9.17, 15) is 24.0 Å². The lowest BCUT2D eigenvalue weighted by atomic mass is 10.0. The van der Waals surface area contributed by atoms with Crippen molar-refractivity contribution in [1.82, 2.24) is 10.6 Å². The van der Waals surface area contributed by atoms with Gasteiger partial charge in [-0.05, 0) is 30.2 Å². The standard InChI is InChI=1S/C25H26N4O6/c1-14-10-23(32)35-21-12-17(8-9-18(14)21)28-24(33)19(11-16-6-4-3-5-7-16)29-25(34)20(13-22(26)31)27-15(2)30/h3-10,12,19-20H,11,13H2,1-2H3,(H2,26,31)(H,27,30)(H,28,33)(H,29,34)/t19-,20-/m0/s1. The quantitative estimate of drug-likeness (QED) is 0.337. The Hall–Kier alpha value is -4.47. The Labute approximate surface area is 200 Å². The number of primary amides is 1. The molecule has 2 atom stereocenters. The first-order chi connectivity index (χ1) is 16.6. The molecule has 4 amide bonds. The molecule has 35 heavy (non-hydrogen) atoms. The highest BCUT2D eigenvalue weighted by Crippen LogP contribution is 2.21. The zero-order chi connectivity index (χ0) is 25.5. The van der Waals surface area contributed by atoms with Crippen LogP contribution < -0.4 is 27.3 Å². The third-order valence-electron chi connectivity index (χ3n) is 5.23. The largest absolute Gasteiger partial charge is 0.423 e. The van der Waals surface area contributed by atoms with E-state index in [2.05, 4.69) is 16.0 Å². The van der Waals surface area contributed by atoms with Gasteiger partial charge >= 0.3 is 5.63 Å². The highest BCUT2D eigenvalue weighted by molar-refractivity contribution is 6.00. The van der Waals surface area contributed by atoms with Crippen molar-refractivity contribution in [3.8, 4) is 0 Å². The molecular formula is C25H26N4O6. The molecule has 3 rings (SSSR count). The number of nitrogens with two attached hydrogens (primary N) is 1. The molecule has 0 fully saturated rings. The summed E-state index contributed by atoms with van der Waals surface area (Å²) in [4.78, 5) is 60.6. The number of rotatable bonds is 9. The van der Waals surface area contributed by atoms with Gasteiger partial charge in [0.2, 0.25) is 23.6 Å². The summed E-state index contributed by atoms with van der Waals surface area (Å²) in [6, 6.07) is 13.0. The molecule has 0 radical (unpaired) electrons. The van der Waals surface area contributed by atoms with Crippen molar-refractivity contribution in [2.75, 3.05) is 5.32 Å². The van der Waals surface area contributed by atoms with Crippen LogP contribution in [0.4, 0.5) is 5.69 Å². The summed E-state index contributed by atoms with van der Waals surface area (Å²) in [6.07, 6.45) is -0.280. The van der Waals surface area contributed by atoms with Crippen molar-refractivity contribution in [1.29, 1.82) is 0 Å². The summed E-state index contributed by atoms with van der Waals surface area (Å²) in [7, 11) is 0. The van der Waals surface area contributed by atoms with E-state index in [1.807, 2.05) is 6.07 Å². The van der Waals surface area contributed by atoms with E-state index >= 15 is 0 Å². The Morgan fingerprint density at radius 3 is 2.31 bits per heavy atom. The van der Waals surface area contributed by atoms with Gasteiger partial charge in [0.15, 0.2) is 0 Å². The molecule has 0 aliphatic carbocycles. The van der Waals surface area contributed by atoms with E-state index < -0.39 is 47.8 Å². The third-order valence-corrected chi connectivity index (χ3v) is 5.23. The fraction of sp³-hybridized carbons (Fsp3) is 0.240. The Bertz CT molecular complexity index is 1300. The molecule has 5 N–H and O–H groups in total. The Morgan fingerprint density at radius 1 is 0.943 bits per heavy atom. The lowest BCUT2D eigenvalue weighted by Gasteiger charge is -2.22. The topological polar surface area (TPSA) is 161 Å². The summed E-state index contributed by atoms with van der Waals surface area (Å²) in [5.41, 5.74) is 6.88. The van der Waals surface area contributed by atoms with Gasteiger partial charge in [0.05, 0.1) is 6.42 Å². The fourth-order valence-electron chi connectivity index (χ4n) is 3.62. The third kappa shape index (κ3) is 7.00. The molecule has 1 aromatic heterocycles. The minimum Gasteiger partial charge on any atom is -0.423 e. The van der Waals surface area contributed by atoms with Crippen molar-refractivity contribution in [3.63, 3.8) is 0 Å². The average molecular weight is 479 g/mol. The predicted molar refractivity (Wildman–Crippen MR) is 129 cm³/mol. The van der Waals surface area contributed by atoms with Gasteiger partial charge in [-0.25, -0.2) is 4.79 Å². The SMILES string of the molecule is CC(=O)N[C@@H](CC(N)=O)C(=O)N[C@@H](Cc1ccccc1)C(=O)Nc1ccc2c(C)cc(=O)oc2c1. The first kappa shape index (κ1) is 25.2. The Kier molecular flexibility index (Phi) is 7.98. The van der Waals surface area contributed by atoms with Crippen LogP contribution in [0, 0.1) is 6.92 Å². The number of hydrogen-bond donors (Lipinski definition) is 4. The number of hydrogen-bond acceptors (Lipinski definition) is 6. The summed E-state index contributed by atoms with van der Waals surface area (Å²) >= 11 is 0. The highest BCUT2D eigenvalue weighted by atomic mass is 16.4. The van der Waals surface area contributed by atoms with Gasteiger partial charge in [0, 0.05) is 36.6 Å². The van der Waals surface area contributed by atoms with E-state index in [1.165, 1.54) is 19.1 Å². The summed E-state index contributed by atoms with van der Waals surface area (Å²) in [5, 5.41) is 8.43. The van der Waals surface area contributed by atoms with Crippen LogP contribution in [0.5, 0.6) is 0 Å². The first-order valence-electron chi connectivity index (χ1n) is 10.9. The second-order valence-corrected chi connectivity index (χ2v) is 8.12. The molecule has 0 saturated heterocycles. The van der Waals surface area contributed by atoms with Crippen LogP contribution in [0.2, 0.25) is 0 Å². The smallest absolute Gasteiger partial charge is 0.336 e. The molecule has 0 aliphatic heterocycles. The number of aryl methyl sites for hydroxylation is 1. The second kappa shape index (κ2) is 11.1. The number of anilines is 1. The van der Waals surface area contributed by atoms with E-state index in [0.29, 0.717) is 11.3 Å². The van der Waals surface area contributed by atoms with Crippen molar-refractivity contribution in [2.24, 2.45) is 5.73 Å². The van der Waals surface area contributed by atoms with Gasteiger partial charge in [-0.1, -0.05) is 30.3 Å². The minimum absolute atomic E-state index is 0.142. The van der Waals surface area contributed by atoms with Crippen LogP contribution in [0.25, 0.3) is 11.0 Å². The molecule has 10 heteroatoms. The van der Waals surface area contributed by atoms with Gasteiger partial charge < -0.3 is 26.1 Å². The minimum atomic E-state index is -1.23. The molecule has 1 heterocycles. The number of nitrogens with one attached hydrogen (secondary N) is 3. The van der Waals surface area contributed by atoms with Crippen LogP contribution in [0.1, 0.15) is 24.5 Å². The number of fused-ring (bicyclic) bond motifs is 1. The fourth-order valence-corrected chi connectivity index (χ4v) is 3.62. The zero-order valence-corrected chi connectivity index (χ0v) is 19.3. The average Bonchev–Trinajstić information content (AvgIpc) is 2.77. The van der Waals surface area contributed by atoms with Gasteiger partial charge in [-0.2, -0.15) is 0 Å². The van der Waals surface area contributed by atoms with Gasteiger partial charge in [0.25, 0.3) is 0 Å². The molecule has 0 saturated carbocycles. The van der Waals surface area contributed by atoms with Crippen LogP contribution in [0.15, 0.2) is 63.8 Å². The van der Waals surface area contributed by atoms with Crippen molar-refractivity contribution in [3.05, 3.63) is 76.1 Å². The summed E-state index contributed by atoms with van der Waals surface area (Å²) < 4.78 is 5.23. The van der Waals surface area contributed by atoms with E-state index in [0.717, 1.165) is 16.5 Å². The molecule has 10 nitrogen and oxygen atoms in total. The Morgan fingerprint density at radius 2 is 1.66 bits per heavy atom. The molecule has 0 unspecified atom stereocenters. The maximum Gasteiger partial charge on any atom is 0.336 e.